The summed E-state index contributed by atoms with van der Waals surface area (Å²) in [6.07, 6.45) is 0.248. The lowest BCUT2D eigenvalue weighted by molar-refractivity contribution is -0.125. The van der Waals surface area contributed by atoms with Gasteiger partial charge in [-0.3, -0.25) is 9.69 Å². The molecule has 1 amide bonds. The molecule has 0 spiro atoms. The van der Waals surface area contributed by atoms with Crippen LogP contribution in [-0.4, -0.2) is 37.0 Å². The number of hydrogen-bond acceptors (Lipinski definition) is 3. The van der Waals surface area contributed by atoms with Crippen LogP contribution in [0.2, 0.25) is 0 Å². The van der Waals surface area contributed by atoms with E-state index in [2.05, 4.69) is 6.07 Å². The van der Waals surface area contributed by atoms with Crippen molar-refractivity contribution in [3.8, 4) is 6.07 Å². The summed E-state index contributed by atoms with van der Waals surface area (Å²) in [5.41, 5.74) is 2.09. The van der Waals surface area contributed by atoms with Crippen LogP contribution in [0.4, 0.5) is 5.69 Å². The van der Waals surface area contributed by atoms with Crippen molar-refractivity contribution in [3.63, 3.8) is 0 Å². The number of benzene rings is 1. The smallest absolute Gasteiger partial charge is 0.245 e. The fourth-order valence-electron chi connectivity index (χ4n) is 2.20. The van der Waals surface area contributed by atoms with Crippen LogP contribution in [0.15, 0.2) is 24.3 Å². The van der Waals surface area contributed by atoms with Gasteiger partial charge < -0.3 is 4.90 Å². The first-order valence-electron chi connectivity index (χ1n) is 6.08. The van der Waals surface area contributed by atoms with Gasteiger partial charge in [0, 0.05) is 18.8 Å². The highest BCUT2D eigenvalue weighted by molar-refractivity contribution is 5.98. The normalized spacial score (nSPS) is 20.8. The maximum atomic E-state index is 12.3. The highest BCUT2D eigenvalue weighted by Gasteiger charge is 2.33. The maximum Gasteiger partial charge on any atom is 0.245 e. The van der Waals surface area contributed by atoms with Crippen molar-refractivity contribution < 1.29 is 4.79 Å². The van der Waals surface area contributed by atoms with Gasteiger partial charge in [-0.05, 0) is 26.1 Å². The molecule has 1 aromatic carbocycles. The number of nitrogens with zero attached hydrogens (tertiary/aromatic N) is 3. The SMILES string of the molecule is Cc1ccc(N2CCN(C)C(CC#N)C2=O)cc1. The van der Waals surface area contributed by atoms with Gasteiger partial charge in [0.25, 0.3) is 0 Å². The number of piperazine rings is 1. The molecular formula is C14H17N3O. The minimum atomic E-state index is -0.315. The molecule has 1 fully saturated rings. The molecule has 4 heteroatoms. The zero-order valence-corrected chi connectivity index (χ0v) is 10.8. The Hall–Kier alpha value is -1.86. The second kappa shape index (κ2) is 5.19. The molecule has 1 unspecified atom stereocenters. The van der Waals surface area contributed by atoms with Crippen molar-refractivity contribution in [1.82, 2.24) is 4.90 Å². The lowest BCUT2D eigenvalue weighted by Gasteiger charge is -2.37. The number of rotatable bonds is 2. The minimum Gasteiger partial charge on any atom is -0.310 e. The van der Waals surface area contributed by atoms with Gasteiger partial charge in [0.15, 0.2) is 0 Å². The molecule has 18 heavy (non-hydrogen) atoms. The Bertz CT molecular complexity index is 475. The van der Waals surface area contributed by atoms with Crippen molar-refractivity contribution >= 4 is 11.6 Å². The molecule has 0 radical (unpaired) electrons. The van der Waals surface area contributed by atoms with Crippen molar-refractivity contribution in [2.75, 3.05) is 25.0 Å². The number of nitriles is 1. The fourth-order valence-corrected chi connectivity index (χ4v) is 2.20. The molecule has 1 heterocycles. The van der Waals surface area contributed by atoms with E-state index in [1.807, 2.05) is 43.1 Å². The van der Waals surface area contributed by atoms with Crippen molar-refractivity contribution in [2.45, 2.75) is 19.4 Å². The van der Waals surface area contributed by atoms with E-state index in [0.717, 1.165) is 12.2 Å². The average Bonchev–Trinajstić information content (AvgIpc) is 2.36. The quantitative estimate of drug-likeness (QED) is 0.792. The molecule has 1 saturated heterocycles. The highest BCUT2D eigenvalue weighted by atomic mass is 16.2. The summed E-state index contributed by atoms with van der Waals surface area (Å²) in [5.74, 6) is 0.0224. The van der Waals surface area contributed by atoms with Crippen molar-refractivity contribution in [1.29, 1.82) is 5.26 Å². The van der Waals surface area contributed by atoms with Crippen LogP contribution < -0.4 is 4.90 Å². The summed E-state index contributed by atoms with van der Waals surface area (Å²) in [6, 6.07) is 9.70. The number of likely N-dealkylation sites (N-methyl/N-ethyl adjacent to an activating group) is 1. The third-order valence-corrected chi connectivity index (χ3v) is 3.39. The van der Waals surface area contributed by atoms with Crippen LogP contribution in [0.3, 0.4) is 0 Å². The lowest BCUT2D eigenvalue weighted by atomic mass is 10.1. The van der Waals surface area contributed by atoms with E-state index in [4.69, 9.17) is 5.26 Å². The summed E-state index contributed by atoms with van der Waals surface area (Å²) in [5, 5.41) is 8.80. The van der Waals surface area contributed by atoms with Crippen LogP contribution in [0.1, 0.15) is 12.0 Å². The van der Waals surface area contributed by atoms with E-state index in [9.17, 15) is 4.79 Å². The molecule has 1 atom stereocenters. The predicted octanol–water partition coefficient (Wildman–Crippen LogP) is 1.56. The van der Waals surface area contributed by atoms with Gasteiger partial charge in [0.05, 0.1) is 12.5 Å². The van der Waals surface area contributed by atoms with E-state index >= 15 is 0 Å². The molecule has 0 saturated carbocycles. The van der Waals surface area contributed by atoms with E-state index in [-0.39, 0.29) is 18.4 Å². The number of aryl methyl sites for hydroxylation is 1. The monoisotopic (exact) mass is 243 g/mol. The van der Waals surface area contributed by atoms with Gasteiger partial charge in [0.1, 0.15) is 6.04 Å². The van der Waals surface area contributed by atoms with Crippen LogP contribution in [0.5, 0.6) is 0 Å². The number of carbonyl (C=O) groups is 1. The van der Waals surface area contributed by atoms with Gasteiger partial charge in [-0.25, -0.2) is 0 Å². The second-order valence-electron chi connectivity index (χ2n) is 4.68. The number of amides is 1. The summed E-state index contributed by atoms with van der Waals surface area (Å²) in [4.78, 5) is 16.1. The van der Waals surface area contributed by atoms with Crippen LogP contribution in [-0.2, 0) is 4.79 Å². The first-order valence-corrected chi connectivity index (χ1v) is 6.08. The molecule has 1 aromatic rings. The lowest BCUT2D eigenvalue weighted by Crippen LogP contribution is -2.55. The minimum absolute atomic E-state index is 0.0224. The van der Waals surface area contributed by atoms with E-state index in [1.54, 1.807) is 4.90 Å². The Morgan fingerprint density at radius 2 is 2.00 bits per heavy atom. The first kappa shape index (κ1) is 12.6. The molecule has 0 aromatic heterocycles. The number of anilines is 1. The first-order chi connectivity index (χ1) is 8.63. The summed E-state index contributed by atoms with van der Waals surface area (Å²) < 4.78 is 0. The third-order valence-electron chi connectivity index (χ3n) is 3.39. The summed E-state index contributed by atoms with van der Waals surface area (Å²) >= 11 is 0. The molecule has 0 bridgehead atoms. The third kappa shape index (κ3) is 2.36. The average molecular weight is 243 g/mol. The van der Waals surface area contributed by atoms with E-state index in [1.165, 1.54) is 5.56 Å². The van der Waals surface area contributed by atoms with Gasteiger partial charge in [-0.1, -0.05) is 17.7 Å². The highest BCUT2D eigenvalue weighted by Crippen LogP contribution is 2.21. The topological polar surface area (TPSA) is 47.3 Å². The summed E-state index contributed by atoms with van der Waals surface area (Å²) in [7, 11) is 1.90. The molecular weight excluding hydrogens is 226 g/mol. The number of hydrogen-bond donors (Lipinski definition) is 0. The Balaban J connectivity index is 2.22. The van der Waals surface area contributed by atoms with Crippen molar-refractivity contribution in [3.05, 3.63) is 29.8 Å². The Labute approximate surface area is 107 Å². The van der Waals surface area contributed by atoms with E-state index < -0.39 is 0 Å². The standard InChI is InChI=1S/C14H17N3O/c1-11-3-5-12(6-4-11)17-10-9-16(2)13(7-8-15)14(17)18/h3-6,13H,7,9-10H2,1-2H3. The Morgan fingerprint density at radius 1 is 1.33 bits per heavy atom. The molecule has 0 N–H and O–H groups in total. The van der Waals surface area contributed by atoms with Crippen LogP contribution in [0, 0.1) is 18.3 Å². The van der Waals surface area contributed by atoms with Crippen LogP contribution >= 0.6 is 0 Å². The second-order valence-corrected chi connectivity index (χ2v) is 4.68. The van der Waals surface area contributed by atoms with E-state index in [0.29, 0.717) is 6.54 Å². The number of carbonyl (C=O) groups excluding carboxylic acids is 1. The van der Waals surface area contributed by atoms with Gasteiger partial charge in [0.2, 0.25) is 5.91 Å². The maximum absolute atomic E-state index is 12.3. The Morgan fingerprint density at radius 3 is 2.61 bits per heavy atom. The molecule has 0 aliphatic carbocycles. The predicted molar refractivity (Wildman–Crippen MR) is 70.2 cm³/mol. The largest absolute Gasteiger partial charge is 0.310 e. The molecule has 1 aliphatic heterocycles. The molecule has 4 nitrogen and oxygen atoms in total. The van der Waals surface area contributed by atoms with Gasteiger partial charge in [-0.15, -0.1) is 0 Å². The van der Waals surface area contributed by atoms with Gasteiger partial charge >= 0.3 is 0 Å². The fraction of sp³-hybridized carbons (Fsp3) is 0.429. The van der Waals surface area contributed by atoms with Gasteiger partial charge in [-0.2, -0.15) is 5.26 Å². The summed E-state index contributed by atoms with van der Waals surface area (Å²) in [6.45, 7) is 3.50. The molecule has 1 aliphatic rings. The van der Waals surface area contributed by atoms with Crippen molar-refractivity contribution in [2.24, 2.45) is 0 Å². The zero-order valence-electron chi connectivity index (χ0n) is 10.8. The zero-order chi connectivity index (χ0) is 13.1. The van der Waals surface area contributed by atoms with Crippen LogP contribution in [0.25, 0.3) is 0 Å². The Kier molecular flexibility index (Phi) is 3.63. The molecule has 94 valence electrons. The molecule has 2 rings (SSSR count).